The van der Waals surface area contributed by atoms with Crippen molar-refractivity contribution in [3.63, 3.8) is 0 Å². The maximum Gasteiger partial charge on any atom is 0.311 e. The van der Waals surface area contributed by atoms with E-state index in [4.69, 9.17) is 14.2 Å². The fraction of sp³-hybridized carbons (Fsp3) is 0.842. The molecular weight excluding hydrogens is 372 g/mol. The molecule has 9 nitrogen and oxygen atoms in total. The lowest BCUT2D eigenvalue weighted by atomic mass is 9.54. The Bertz CT molecular complexity index is 644. The summed E-state index contributed by atoms with van der Waals surface area (Å²) in [7, 11) is 0. The summed E-state index contributed by atoms with van der Waals surface area (Å²) in [5, 5.41) is 29.8. The molecule has 0 spiro atoms. The van der Waals surface area contributed by atoms with Gasteiger partial charge in [0.1, 0.15) is 0 Å². The van der Waals surface area contributed by atoms with E-state index in [2.05, 4.69) is 0 Å². The lowest BCUT2D eigenvalue weighted by molar-refractivity contribution is -0.180. The standard InChI is InChI=1S/C19H28O9/c1-9-12(26-9)6-18(16(22)23,5-4-15(20)21)19(17(24)25,7-13-10(2)27-13)8-14-11(3)28-14/h9-14H,4-8H2,1-3H3,(H,20,21)(H,22,23)(H,24,25). The largest absolute Gasteiger partial charge is 0.481 e. The first-order chi connectivity index (χ1) is 13.0. The van der Waals surface area contributed by atoms with Crippen LogP contribution in [0, 0.1) is 10.8 Å². The predicted molar refractivity (Wildman–Crippen MR) is 93.9 cm³/mol. The van der Waals surface area contributed by atoms with Crippen LogP contribution in [0.25, 0.3) is 0 Å². The number of ether oxygens (including phenoxy) is 3. The van der Waals surface area contributed by atoms with Crippen molar-refractivity contribution in [1.29, 1.82) is 0 Å². The Labute approximate surface area is 162 Å². The summed E-state index contributed by atoms with van der Waals surface area (Å²) in [6.07, 6.45) is -2.41. The molecule has 158 valence electrons. The van der Waals surface area contributed by atoms with Crippen molar-refractivity contribution in [3.8, 4) is 0 Å². The molecule has 28 heavy (non-hydrogen) atoms. The van der Waals surface area contributed by atoms with Crippen LogP contribution in [-0.2, 0) is 28.6 Å². The van der Waals surface area contributed by atoms with Crippen molar-refractivity contribution >= 4 is 17.9 Å². The van der Waals surface area contributed by atoms with Gasteiger partial charge in [-0.15, -0.1) is 0 Å². The third kappa shape index (κ3) is 3.88. The average molecular weight is 400 g/mol. The topological polar surface area (TPSA) is 149 Å². The Balaban J connectivity index is 2.04. The minimum atomic E-state index is -1.80. The molecule has 3 aliphatic rings. The first-order valence-electron chi connectivity index (χ1n) is 9.67. The Hall–Kier alpha value is -1.71. The van der Waals surface area contributed by atoms with Gasteiger partial charge >= 0.3 is 17.9 Å². The normalized spacial score (nSPS) is 37.4. The third-order valence-electron chi connectivity index (χ3n) is 6.66. The van der Waals surface area contributed by atoms with Gasteiger partial charge in [0.05, 0.1) is 47.5 Å². The number of carboxylic acids is 3. The van der Waals surface area contributed by atoms with E-state index in [1.807, 2.05) is 0 Å². The van der Waals surface area contributed by atoms with Gasteiger partial charge in [-0.1, -0.05) is 0 Å². The summed E-state index contributed by atoms with van der Waals surface area (Å²) in [6.45, 7) is 5.40. The van der Waals surface area contributed by atoms with Crippen molar-refractivity contribution in [1.82, 2.24) is 0 Å². The second-order valence-corrected chi connectivity index (χ2v) is 8.42. The average Bonchev–Trinajstić information content (AvgIpc) is 3.53. The fourth-order valence-electron chi connectivity index (χ4n) is 4.47. The van der Waals surface area contributed by atoms with Crippen LogP contribution < -0.4 is 0 Å². The lowest BCUT2D eigenvalue weighted by Gasteiger charge is -2.45. The maximum atomic E-state index is 12.7. The molecule has 0 aromatic rings. The van der Waals surface area contributed by atoms with Crippen LogP contribution in [0.5, 0.6) is 0 Å². The third-order valence-corrected chi connectivity index (χ3v) is 6.66. The van der Waals surface area contributed by atoms with Gasteiger partial charge in [0.15, 0.2) is 0 Å². The van der Waals surface area contributed by atoms with Crippen LogP contribution in [0.3, 0.4) is 0 Å². The molecule has 3 rings (SSSR count). The number of hydrogen-bond donors (Lipinski definition) is 3. The zero-order valence-electron chi connectivity index (χ0n) is 16.3. The highest BCUT2D eigenvalue weighted by Crippen LogP contribution is 2.58. The summed E-state index contributed by atoms with van der Waals surface area (Å²) in [4.78, 5) is 36.6. The summed E-state index contributed by atoms with van der Waals surface area (Å²) in [5.41, 5.74) is -3.52. The van der Waals surface area contributed by atoms with Gasteiger partial charge < -0.3 is 29.5 Å². The Kier molecular flexibility index (Phi) is 5.46. The first kappa shape index (κ1) is 21.0. The van der Waals surface area contributed by atoms with Crippen LogP contribution in [0.1, 0.15) is 52.9 Å². The molecule has 0 aromatic carbocycles. The van der Waals surface area contributed by atoms with E-state index >= 15 is 0 Å². The number of epoxide rings is 3. The smallest absolute Gasteiger partial charge is 0.311 e. The summed E-state index contributed by atoms with van der Waals surface area (Å²) in [6, 6.07) is 0. The van der Waals surface area contributed by atoms with Crippen LogP contribution >= 0.6 is 0 Å². The van der Waals surface area contributed by atoms with E-state index in [-0.39, 0.29) is 56.2 Å². The first-order valence-corrected chi connectivity index (χ1v) is 9.67. The van der Waals surface area contributed by atoms with E-state index in [1.54, 1.807) is 20.8 Å². The Morgan fingerprint density at radius 3 is 1.29 bits per heavy atom. The summed E-state index contributed by atoms with van der Waals surface area (Å²) >= 11 is 0. The fourth-order valence-corrected chi connectivity index (χ4v) is 4.47. The van der Waals surface area contributed by atoms with Crippen LogP contribution in [0.15, 0.2) is 0 Å². The number of hydrogen-bond acceptors (Lipinski definition) is 6. The SMILES string of the molecule is CC1OC1CC(CCC(=O)O)(C(=O)O)C(CC1OC1C)(CC1OC1C)C(=O)O. The van der Waals surface area contributed by atoms with Gasteiger partial charge in [0.2, 0.25) is 0 Å². The molecule has 7 atom stereocenters. The van der Waals surface area contributed by atoms with Gasteiger partial charge in [-0.3, -0.25) is 14.4 Å². The summed E-state index contributed by atoms with van der Waals surface area (Å²) in [5.74, 6) is -3.72. The minimum absolute atomic E-state index is 0.00308. The molecule has 0 radical (unpaired) electrons. The Morgan fingerprint density at radius 1 is 0.714 bits per heavy atom. The second-order valence-electron chi connectivity index (χ2n) is 8.42. The highest BCUT2D eigenvalue weighted by Gasteiger charge is 2.67. The van der Waals surface area contributed by atoms with Gasteiger partial charge in [0, 0.05) is 6.42 Å². The predicted octanol–water partition coefficient (Wildman–Crippen LogP) is 1.53. The van der Waals surface area contributed by atoms with Crippen molar-refractivity contribution in [2.75, 3.05) is 0 Å². The van der Waals surface area contributed by atoms with Crippen molar-refractivity contribution in [3.05, 3.63) is 0 Å². The molecule has 9 heteroatoms. The zero-order chi connectivity index (χ0) is 20.9. The van der Waals surface area contributed by atoms with Gasteiger partial charge in [-0.2, -0.15) is 0 Å². The lowest BCUT2D eigenvalue weighted by Crippen LogP contribution is -2.55. The Morgan fingerprint density at radius 2 is 1.04 bits per heavy atom. The van der Waals surface area contributed by atoms with Crippen LogP contribution in [-0.4, -0.2) is 69.9 Å². The molecular formula is C19H28O9. The molecule has 3 N–H and O–H groups in total. The molecule has 0 bridgehead atoms. The number of aliphatic carboxylic acids is 3. The molecule has 0 aliphatic carbocycles. The van der Waals surface area contributed by atoms with Crippen LogP contribution in [0.4, 0.5) is 0 Å². The van der Waals surface area contributed by atoms with E-state index in [0.717, 1.165) is 0 Å². The molecule has 0 aromatic heterocycles. The van der Waals surface area contributed by atoms with Crippen molar-refractivity contribution in [2.45, 2.75) is 89.5 Å². The van der Waals surface area contributed by atoms with E-state index in [0.29, 0.717) is 0 Å². The zero-order valence-corrected chi connectivity index (χ0v) is 16.3. The summed E-state index contributed by atoms with van der Waals surface area (Å²) < 4.78 is 16.3. The minimum Gasteiger partial charge on any atom is -0.481 e. The molecule has 3 aliphatic heterocycles. The molecule has 3 heterocycles. The highest BCUT2D eigenvalue weighted by molar-refractivity contribution is 5.87. The number of carbonyl (C=O) groups is 3. The maximum absolute atomic E-state index is 12.7. The molecule has 0 saturated carbocycles. The van der Waals surface area contributed by atoms with Gasteiger partial charge in [-0.05, 0) is 46.5 Å². The van der Waals surface area contributed by atoms with E-state index in [1.165, 1.54) is 0 Å². The molecule has 3 saturated heterocycles. The van der Waals surface area contributed by atoms with Gasteiger partial charge in [-0.25, -0.2) is 0 Å². The quantitative estimate of drug-likeness (QED) is 0.414. The van der Waals surface area contributed by atoms with Crippen molar-refractivity contribution < 1.29 is 43.9 Å². The van der Waals surface area contributed by atoms with Gasteiger partial charge in [0.25, 0.3) is 0 Å². The second kappa shape index (κ2) is 7.27. The number of rotatable bonds is 12. The number of carboxylic acid groups (broad SMARTS) is 3. The van der Waals surface area contributed by atoms with Crippen LogP contribution in [0.2, 0.25) is 0 Å². The van der Waals surface area contributed by atoms with Crippen molar-refractivity contribution in [2.24, 2.45) is 10.8 Å². The molecule has 7 unspecified atom stereocenters. The monoisotopic (exact) mass is 400 g/mol. The molecule has 3 fully saturated rings. The highest BCUT2D eigenvalue weighted by atomic mass is 16.6. The molecule has 0 amide bonds. The van der Waals surface area contributed by atoms with E-state index in [9.17, 15) is 29.7 Å². The van der Waals surface area contributed by atoms with E-state index < -0.39 is 41.3 Å².